The van der Waals surface area contributed by atoms with Crippen molar-refractivity contribution in [2.24, 2.45) is 0 Å². The maximum atomic E-state index is 11.8. The minimum absolute atomic E-state index is 0.190. The van der Waals surface area contributed by atoms with Crippen LogP contribution in [-0.2, 0) is 0 Å². The van der Waals surface area contributed by atoms with Gasteiger partial charge in [-0.25, -0.2) is 4.98 Å². The molecule has 0 saturated heterocycles. The zero-order valence-corrected chi connectivity index (χ0v) is 10.3. The Morgan fingerprint density at radius 2 is 2.29 bits per heavy atom. The molecule has 8 heteroatoms. The number of halogens is 1. The number of nitrogens with zero attached hydrogens (tertiary/aromatic N) is 3. The molecule has 0 spiro atoms. The van der Waals surface area contributed by atoms with Crippen LogP contribution in [0.25, 0.3) is 0 Å². The first-order chi connectivity index (χ1) is 8.06. The number of nitrogens with one attached hydrogen (secondary N) is 1. The van der Waals surface area contributed by atoms with Crippen LogP contribution >= 0.6 is 22.9 Å². The van der Waals surface area contributed by atoms with Crippen molar-refractivity contribution in [2.45, 2.75) is 6.92 Å². The van der Waals surface area contributed by atoms with Crippen LogP contribution in [0.5, 0.6) is 0 Å². The van der Waals surface area contributed by atoms with Crippen LogP contribution in [0.15, 0.2) is 12.3 Å². The molecule has 2 rings (SSSR count). The summed E-state index contributed by atoms with van der Waals surface area (Å²) in [5.41, 5.74) is 5.77. The van der Waals surface area contributed by atoms with Crippen molar-refractivity contribution < 1.29 is 4.79 Å². The van der Waals surface area contributed by atoms with E-state index in [0.717, 1.165) is 5.01 Å². The molecule has 0 aliphatic rings. The Kier molecular flexibility index (Phi) is 3.21. The highest BCUT2D eigenvalue weighted by atomic mass is 35.5. The maximum Gasteiger partial charge on any atom is 0.259 e. The van der Waals surface area contributed by atoms with Gasteiger partial charge in [0.2, 0.25) is 5.13 Å². The Morgan fingerprint density at radius 3 is 2.88 bits per heavy atom. The number of hydrogen-bond donors (Lipinski definition) is 2. The molecule has 0 fully saturated rings. The summed E-state index contributed by atoms with van der Waals surface area (Å²) in [6.45, 7) is 1.80. The number of pyridine rings is 1. The second-order valence-electron chi connectivity index (χ2n) is 3.17. The highest BCUT2D eigenvalue weighted by molar-refractivity contribution is 7.15. The lowest BCUT2D eigenvalue weighted by Crippen LogP contribution is -2.12. The number of anilines is 2. The Balaban J connectivity index is 2.17. The fraction of sp³-hybridized carbons (Fsp3) is 0.111. The minimum atomic E-state index is -0.351. The Morgan fingerprint density at radius 1 is 1.53 bits per heavy atom. The summed E-state index contributed by atoms with van der Waals surface area (Å²) in [5, 5.41) is 11.6. The first kappa shape index (κ1) is 11.7. The van der Waals surface area contributed by atoms with Gasteiger partial charge in [0, 0.05) is 6.20 Å². The standard InChI is InChI=1S/C9H8ClN5OS/c1-4-14-15-9(17-4)13-8(16)5-2-6(10)7(11)12-3-5/h2-3H,1H3,(H2,11,12)(H,13,15,16). The van der Waals surface area contributed by atoms with E-state index in [0.29, 0.717) is 10.7 Å². The summed E-state index contributed by atoms with van der Waals surface area (Å²) >= 11 is 7.06. The van der Waals surface area contributed by atoms with E-state index in [1.54, 1.807) is 6.92 Å². The molecule has 3 N–H and O–H groups in total. The van der Waals surface area contributed by atoms with Crippen LogP contribution in [0.4, 0.5) is 10.9 Å². The lowest BCUT2D eigenvalue weighted by atomic mass is 10.2. The number of aryl methyl sites for hydroxylation is 1. The fourth-order valence-electron chi connectivity index (χ4n) is 1.09. The van der Waals surface area contributed by atoms with Crippen molar-refractivity contribution >= 4 is 39.8 Å². The number of nitrogens with two attached hydrogens (primary N) is 1. The quantitative estimate of drug-likeness (QED) is 0.866. The molecule has 0 radical (unpaired) electrons. The van der Waals surface area contributed by atoms with Gasteiger partial charge in [-0.1, -0.05) is 22.9 Å². The molecule has 0 saturated carbocycles. The summed E-state index contributed by atoms with van der Waals surface area (Å²) in [7, 11) is 0. The predicted molar refractivity (Wildman–Crippen MR) is 66.3 cm³/mol. The van der Waals surface area contributed by atoms with Gasteiger partial charge in [-0.3, -0.25) is 10.1 Å². The summed E-state index contributed by atoms with van der Waals surface area (Å²) < 4.78 is 0. The second-order valence-corrected chi connectivity index (χ2v) is 4.76. The SMILES string of the molecule is Cc1nnc(NC(=O)c2cnc(N)c(Cl)c2)s1. The highest BCUT2D eigenvalue weighted by Crippen LogP contribution is 2.19. The Bertz CT molecular complexity index is 570. The van der Waals surface area contributed by atoms with Crippen LogP contribution in [-0.4, -0.2) is 21.1 Å². The molecule has 0 aliphatic carbocycles. The third kappa shape index (κ3) is 2.69. The molecule has 0 unspecified atom stereocenters. The Hall–Kier alpha value is -1.73. The van der Waals surface area contributed by atoms with E-state index in [1.807, 2.05) is 0 Å². The smallest absolute Gasteiger partial charge is 0.259 e. The average molecular weight is 270 g/mol. The highest BCUT2D eigenvalue weighted by Gasteiger charge is 2.11. The van der Waals surface area contributed by atoms with Gasteiger partial charge >= 0.3 is 0 Å². The van der Waals surface area contributed by atoms with E-state index in [4.69, 9.17) is 17.3 Å². The third-order valence-electron chi connectivity index (χ3n) is 1.88. The van der Waals surface area contributed by atoms with E-state index in [2.05, 4.69) is 20.5 Å². The number of carbonyl (C=O) groups excluding carboxylic acids is 1. The van der Waals surface area contributed by atoms with Crippen LogP contribution in [0.1, 0.15) is 15.4 Å². The number of amides is 1. The zero-order valence-electron chi connectivity index (χ0n) is 8.77. The summed E-state index contributed by atoms with van der Waals surface area (Å²) in [6, 6.07) is 1.45. The molecule has 88 valence electrons. The van der Waals surface area contributed by atoms with Gasteiger partial charge in [0.25, 0.3) is 5.91 Å². The van der Waals surface area contributed by atoms with Crippen LogP contribution in [0.3, 0.4) is 0 Å². The second kappa shape index (κ2) is 4.64. The van der Waals surface area contributed by atoms with E-state index in [1.165, 1.54) is 23.6 Å². The van der Waals surface area contributed by atoms with Gasteiger partial charge in [0.1, 0.15) is 10.8 Å². The summed E-state index contributed by atoms with van der Waals surface area (Å²) in [5.74, 6) is -0.162. The molecule has 17 heavy (non-hydrogen) atoms. The van der Waals surface area contributed by atoms with E-state index >= 15 is 0 Å². The molecule has 6 nitrogen and oxygen atoms in total. The topological polar surface area (TPSA) is 93.8 Å². The van der Waals surface area contributed by atoms with Crippen molar-refractivity contribution in [1.29, 1.82) is 0 Å². The van der Waals surface area contributed by atoms with E-state index < -0.39 is 0 Å². The van der Waals surface area contributed by atoms with Crippen molar-refractivity contribution in [3.8, 4) is 0 Å². The molecule has 0 aromatic carbocycles. The molecule has 0 bridgehead atoms. The summed E-state index contributed by atoms with van der Waals surface area (Å²) in [4.78, 5) is 15.6. The molecule has 2 aromatic heterocycles. The number of hydrogen-bond acceptors (Lipinski definition) is 6. The molecular formula is C9H8ClN5OS. The number of aromatic nitrogens is 3. The Labute approximate surface area is 106 Å². The molecular weight excluding hydrogens is 262 g/mol. The number of rotatable bonds is 2. The van der Waals surface area contributed by atoms with Crippen molar-refractivity contribution in [3.63, 3.8) is 0 Å². The van der Waals surface area contributed by atoms with Crippen molar-refractivity contribution in [3.05, 3.63) is 27.9 Å². The van der Waals surface area contributed by atoms with Crippen LogP contribution < -0.4 is 11.1 Å². The molecule has 0 aliphatic heterocycles. The number of carbonyl (C=O) groups is 1. The molecule has 2 aromatic rings. The lowest BCUT2D eigenvalue weighted by molar-refractivity contribution is 0.102. The van der Waals surface area contributed by atoms with Crippen molar-refractivity contribution in [2.75, 3.05) is 11.1 Å². The van der Waals surface area contributed by atoms with Gasteiger partial charge < -0.3 is 5.73 Å². The first-order valence-corrected chi connectivity index (χ1v) is 5.78. The maximum absolute atomic E-state index is 11.8. The van der Waals surface area contributed by atoms with E-state index in [9.17, 15) is 4.79 Å². The normalized spacial score (nSPS) is 10.2. The first-order valence-electron chi connectivity index (χ1n) is 4.59. The average Bonchev–Trinajstić information content (AvgIpc) is 2.68. The number of nitrogen functional groups attached to an aromatic ring is 1. The molecule has 2 heterocycles. The largest absolute Gasteiger partial charge is 0.382 e. The summed E-state index contributed by atoms with van der Waals surface area (Å²) in [6.07, 6.45) is 1.35. The van der Waals surface area contributed by atoms with Gasteiger partial charge in [-0.05, 0) is 13.0 Å². The van der Waals surface area contributed by atoms with Gasteiger partial charge in [-0.15, -0.1) is 10.2 Å². The minimum Gasteiger partial charge on any atom is -0.382 e. The monoisotopic (exact) mass is 269 g/mol. The zero-order chi connectivity index (χ0) is 12.4. The molecule has 1 amide bonds. The third-order valence-corrected chi connectivity index (χ3v) is 2.94. The van der Waals surface area contributed by atoms with Gasteiger partial charge in [0.05, 0.1) is 10.6 Å². The van der Waals surface area contributed by atoms with Crippen LogP contribution in [0, 0.1) is 6.92 Å². The van der Waals surface area contributed by atoms with Gasteiger partial charge in [0.15, 0.2) is 0 Å². The lowest BCUT2D eigenvalue weighted by Gasteiger charge is -2.02. The van der Waals surface area contributed by atoms with Crippen molar-refractivity contribution in [1.82, 2.24) is 15.2 Å². The van der Waals surface area contributed by atoms with Crippen LogP contribution in [0.2, 0.25) is 5.02 Å². The van der Waals surface area contributed by atoms with E-state index in [-0.39, 0.29) is 16.7 Å². The molecule has 0 atom stereocenters. The predicted octanol–water partition coefficient (Wildman–Crippen LogP) is 1.73. The fourth-order valence-corrected chi connectivity index (χ4v) is 1.84. The van der Waals surface area contributed by atoms with Gasteiger partial charge in [-0.2, -0.15) is 0 Å².